The lowest BCUT2D eigenvalue weighted by atomic mass is 10.3. The zero-order valence-electron chi connectivity index (χ0n) is 16.6. The number of hydrogen-bond acceptors (Lipinski definition) is 9. The van der Waals surface area contributed by atoms with Gasteiger partial charge in [0.2, 0.25) is 5.95 Å². The van der Waals surface area contributed by atoms with Crippen LogP contribution in [0.15, 0.2) is 53.8 Å². The predicted molar refractivity (Wildman–Crippen MR) is 110 cm³/mol. The zero-order chi connectivity index (χ0) is 22.4. The summed E-state index contributed by atoms with van der Waals surface area (Å²) in [6, 6.07) is 7.15. The molecule has 0 saturated heterocycles. The van der Waals surface area contributed by atoms with Gasteiger partial charge in [-0.15, -0.1) is 0 Å². The first-order valence-electron chi connectivity index (χ1n) is 8.91. The molecular formula is C19H18N6O5S. The van der Waals surface area contributed by atoms with Crippen molar-refractivity contribution in [2.45, 2.75) is 18.7 Å². The molecule has 0 aliphatic heterocycles. The largest absolute Gasteiger partial charge is 0.451 e. The van der Waals surface area contributed by atoms with Gasteiger partial charge in [0.15, 0.2) is 12.3 Å². The number of ether oxygens (including phenoxy) is 1. The van der Waals surface area contributed by atoms with Crippen molar-refractivity contribution in [2.24, 2.45) is 0 Å². The van der Waals surface area contributed by atoms with E-state index in [1.807, 2.05) is 0 Å². The van der Waals surface area contributed by atoms with Gasteiger partial charge in [-0.1, -0.05) is 0 Å². The van der Waals surface area contributed by atoms with E-state index in [9.17, 15) is 18.0 Å². The lowest BCUT2D eigenvalue weighted by Gasteiger charge is -2.09. The number of sulfonamides is 1. The van der Waals surface area contributed by atoms with Gasteiger partial charge < -0.3 is 10.1 Å². The first-order chi connectivity index (χ1) is 14.7. The minimum Gasteiger partial charge on any atom is -0.451 e. The van der Waals surface area contributed by atoms with Crippen LogP contribution in [-0.4, -0.2) is 46.8 Å². The Labute approximate surface area is 178 Å². The average Bonchev–Trinajstić information content (AvgIpc) is 2.72. The molecule has 0 bridgehead atoms. The van der Waals surface area contributed by atoms with E-state index in [0.29, 0.717) is 17.1 Å². The van der Waals surface area contributed by atoms with Gasteiger partial charge in [-0.25, -0.2) is 32.9 Å². The van der Waals surface area contributed by atoms with Crippen molar-refractivity contribution in [1.29, 1.82) is 0 Å². The Bertz CT molecular complexity index is 1180. The number of nitrogens with zero attached hydrogens (tertiary/aromatic N) is 4. The summed E-state index contributed by atoms with van der Waals surface area (Å²) in [7, 11) is -3.91. The second-order valence-corrected chi connectivity index (χ2v) is 8.00. The van der Waals surface area contributed by atoms with Gasteiger partial charge >= 0.3 is 5.97 Å². The van der Waals surface area contributed by atoms with E-state index in [4.69, 9.17) is 4.74 Å². The standard InChI is InChI=1S/C19H18N6O5S/c1-12-9-13(2)23-19(22-12)25-31(28,29)15-5-3-14(4-6-15)24-17(26)11-30-18(27)16-10-20-7-8-21-16/h3-10H,11H2,1-2H3,(H,24,26)(H,22,23,25). The number of amides is 1. The number of benzene rings is 1. The molecular weight excluding hydrogens is 424 g/mol. The highest BCUT2D eigenvalue weighted by molar-refractivity contribution is 7.92. The quantitative estimate of drug-likeness (QED) is 0.518. The second kappa shape index (κ2) is 9.26. The number of hydrogen-bond donors (Lipinski definition) is 2. The topological polar surface area (TPSA) is 153 Å². The van der Waals surface area contributed by atoms with Crippen LogP contribution in [0.25, 0.3) is 0 Å². The molecule has 0 spiro atoms. The van der Waals surface area contributed by atoms with Crippen LogP contribution < -0.4 is 10.0 Å². The molecule has 1 aromatic carbocycles. The van der Waals surface area contributed by atoms with Gasteiger partial charge in [-0.2, -0.15) is 0 Å². The number of aromatic nitrogens is 4. The SMILES string of the molecule is Cc1cc(C)nc(NS(=O)(=O)c2ccc(NC(=O)COC(=O)c3cnccn3)cc2)n1. The number of aryl methyl sites for hydroxylation is 2. The van der Waals surface area contributed by atoms with Gasteiger partial charge in [0.1, 0.15) is 0 Å². The summed E-state index contributed by atoms with van der Waals surface area (Å²) in [5.74, 6) is -1.42. The predicted octanol–water partition coefficient (Wildman–Crippen LogP) is 1.48. The monoisotopic (exact) mass is 442 g/mol. The van der Waals surface area contributed by atoms with Crippen molar-refractivity contribution < 1.29 is 22.7 Å². The van der Waals surface area contributed by atoms with Crippen LogP contribution in [-0.2, 0) is 19.6 Å². The van der Waals surface area contributed by atoms with Gasteiger partial charge in [0.05, 0.1) is 11.1 Å². The van der Waals surface area contributed by atoms with Crippen molar-refractivity contribution in [2.75, 3.05) is 16.6 Å². The Kier molecular flexibility index (Phi) is 6.50. The molecule has 2 N–H and O–H groups in total. The summed E-state index contributed by atoms with van der Waals surface area (Å²) in [5, 5.41) is 2.50. The summed E-state index contributed by atoms with van der Waals surface area (Å²) >= 11 is 0. The minimum absolute atomic E-state index is 0.0230. The Morgan fingerprint density at radius 2 is 1.71 bits per heavy atom. The number of carbonyl (C=O) groups excluding carboxylic acids is 2. The molecule has 2 aromatic heterocycles. The van der Waals surface area contributed by atoms with Crippen molar-refractivity contribution in [1.82, 2.24) is 19.9 Å². The lowest BCUT2D eigenvalue weighted by Crippen LogP contribution is -2.21. The van der Waals surface area contributed by atoms with Gasteiger partial charge in [0.25, 0.3) is 15.9 Å². The highest BCUT2D eigenvalue weighted by Crippen LogP contribution is 2.17. The molecule has 3 rings (SSSR count). The number of nitrogens with one attached hydrogen (secondary N) is 2. The van der Waals surface area contributed by atoms with E-state index in [1.54, 1.807) is 19.9 Å². The molecule has 160 valence electrons. The zero-order valence-corrected chi connectivity index (χ0v) is 17.4. The maximum atomic E-state index is 12.5. The van der Waals surface area contributed by atoms with E-state index in [2.05, 4.69) is 30.0 Å². The highest BCUT2D eigenvalue weighted by atomic mass is 32.2. The summed E-state index contributed by atoms with van der Waals surface area (Å²) in [6.07, 6.45) is 3.95. The normalized spacial score (nSPS) is 10.9. The van der Waals surface area contributed by atoms with E-state index in [0.717, 1.165) is 0 Å². The smallest absolute Gasteiger partial charge is 0.359 e. The van der Waals surface area contributed by atoms with Crippen LogP contribution in [0.3, 0.4) is 0 Å². The third kappa shape index (κ3) is 6.02. The van der Waals surface area contributed by atoms with Gasteiger partial charge in [0, 0.05) is 29.5 Å². The number of esters is 1. The summed E-state index contributed by atoms with van der Waals surface area (Å²) in [5.41, 5.74) is 1.55. The van der Waals surface area contributed by atoms with Crippen LogP contribution in [0.1, 0.15) is 21.9 Å². The molecule has 0 fully saturated rings. The van der Waals surface area contributed by atoms with Crippen molar-refractivity contribution in [3.8, 4) is 0 Å². The molecule has 0 aliphatic carbocycles. The molecule has 12 heteroatoms. The molecule has 0 aliphatic rings. The second-order valence-electron chi connectivity index (χ2n) is 6.32. The van der Waals surface area contributed by atoms with Crippen LogP contribution in [0.2, 0.25) is 0 Å². The number of anilines is 2. The molecule has 0 radical (unpaired) electrons. The molecule has 31 heavy (non-hydrogen) atoms. The van der Waals surface area contributed by atoms with Crippen molar-refractivity contribution in [3.05, 3.63) is 66.0 Å². The van der Waals surface area contributed by atoms with E-state index in [1.165, 1.54) is 42.9 Å². The maximum absolute atomic E-state index is 12.5. The van der Waals surface area contributed by atoms with Crippen LogP contribution in [0.5, 0.6) is 0 Å². The van der Waals surface area contributed by atoms with Crippen molar-refractivity contribution in [3.63, 3.8) is 0 Å². The summed E-state index contributed by atoms with van der Waals surface area (Å²) in [6.45, 7) is 2.92. The first kappa shape index (κ1) is 21.8. The summed E-state index contributed by atoms with van der Waals surface area (Å²) in [4.78, 5) is 39.3. The average molecular weight is 442 g/mol. The fourth-order valence-corrected chi connectivity index (χ4v) is 3.42. The van der Waals surface area contributed by atoms with Crippen LogP contribution in [0.4, 0.5) is 11.6 Å². The van der Waals surface area contributed by atoms with Crippen molar-refractivity contribution >= 4 is 33.5 Å². The fraction of sp³-hybridized carbons (Fsp3) is 0.158. The Morgan fingerprint density at radius 1 is 1.03 bits per heavy atom. The molecule has 0 unspecified atom stereocenters. The molecule has 0 saturated carbocycles. The minimum atomic E-state index is -3.91. The third-order valence-corrected chi connectivity index (χ3v) is 5.11. The molecule has 1 amide bonds. The van der Waals surface area contributed by atoms with Crippen LogP contribution >= 0.6 is 0 Å². The highest BCUT2D eigenvalue weighted by Gasteiger charge is 2.17. The molecule has 2 heterocycles. The number of rotatable bonds is 7. The maximum Gasteiger partial charge on any atom is 0.359 e. The molecule has 3 aromatic rings. The fourth-order valence-electron chi connectivity index (χ4n) is 2.47. The van der Waals surface area contributed by atoms with E-state index < -0.39 is 28.5 Å². The van der Waals surface area contributed by atoms with E-state index >= 15 is 0 Å². The molecule has 0 atom stereocenters. The lowest BCUT2D eigenvalue weighted by molar-refractivity contribution is -0.119. The molecule has 11 nitrogen and oxygen atoms in total. The first-order valence-corrected chi connectivity index (χ1v) is 10.4. The number of carbonyl (C=O) groups is 2. The van der Waals surface area contributed by atoms with Crippen LogP contribution in [0, 0.1) is 13.8 Å². The Balaban J connectivity index is 1.59. The van der Waals surface area contributed by atoms with Gasteiger partial charge in [-0.3, -0.25) is 9.78 Å². The van der Waals surface area contributed by atoms with E-state index in [-0.39, 0.29) is 16.5 Å². The summed E-state index contributed by atoms with van der Waals surface area (Å²) < 4.78 is 32.2. The van der Waals surface area contributed by atoms with Gasteiger partial charge in [-0.05, 0) is 44.2 Å². The Morgan fingerprint density at radius 3 is 2.32 bits per heavy atom. The Hall–Kier alpha value is -3.93. The third-order valence-electron chi connectivity index (χ3n) is 3.76.